The van der Waals surface area contributed by atoms with Crippen molar-refractivity contribution >= 4 is 11.6 Å². The van der Waals surface area contributed by atoms with Gasteiger partial charge in [0.15, 0.2) is 0 Å². The van der Waals surface area contributed by atoms with Crippen LogP contribution < -0.4 is 4.74 Å². The predicted molar refractivity (Wildman–Crippen MR) is 89.2 cm³/mol. The number of rotatable bonds is 4. The summed E-state index contributed by atoms with van der Waals surface area (Å²) >= 11 is 5.75. The van der Waals surface area contributed by atoms with E-state index in [4.69, 9.17) is 16.3 Å². The highest BCUT2D eigenvalue weighted by atomic mass is 35.5. The zero-order valence-corrected chi connectivity index (χ0v) is 14.4. The molecule has 0 radical (unpaired) electrons. The Balaban J connectivity index is 3.15. The fourth-order valence-corrected chi connectivity index (χ4v) is 2.00. The number of hydrogen-bond acceptors (Lipinski definition) is 1. The third-order valence-electron chi connectivity index (χ3n) is 3.27. The summed E-state index contributed by atoms with van der Waals surface area (Å²) in [6.07, 6.45) is 0. The molecule has 20 heavy (non-hydrogen) atoms. The van der Waals surface area contributed by atoms with Gasteiger partial charge in [-0.2, -0.15) is 0 Å². The van der Waals surface area contributed by atoms with Gasteiger partial charge in [-0.25, -0.2) is 0 Å². The van der Waals surface area contributed by atoms with Gasteiger partial charge in [-0.15, -0.1) is 11.6 Å². The second-order valence-electron chi connectivity index (χ2n) is 7.38. The molecule has 0 saturated heterocycles. The molecule has 0 N–H and O–H groups in total. The first-order valence-corrected chi connectivity index (χ1v) is 7.59. The first kappa shape index (κ1) is 17.1. The molecule has 0 bridgehead atoms. The Morgan fingerprint density at radius 3 is 2.15 bits per heavy atom. The van der Waals surface area contributed by atoms with Crippen molar-refractivity contribution in [3.8, 4) is 5.75 Å². The minimum Gasteiger partial charge on any atom is -0.489 e. The summed E-state index contributed by atoms with van der Waals surface area (Å²) in [5, 5.41) is 0. The molecule has 0 unspecified atom stereocenters. The molecule has 0 heterocycles. The zero-order valence-electron chi connectivity index (χ0n) is 13.6. The highest BCUT2D eigenvalue weighted by molar-refractivity contribution is 6.19. The van der Waals surface area contributed by atoms with Gasteiger partial charge in [0.25, 0.3) is 0 Å². The molecule has 1 aromatic carbocycles. The van der Waals surface area contributed by atoms with E-state index in [9.17, 15) is 0 Å². The van der Waals surface area contributed by atoms with Crippen LogP contribution in [-0.2, 0) is 10.8 Å². The Hall–Kier alpha value is -0.950. The van der Waals surface area contributed by atoms with E-state index in [1.807, 2.05) is 0 Å². The molecule has 2 heteroatoms. The normalized spacial score (nSPS) is 12.3. The largest absolute Gasteiger partial charge is 0.489 e. The van der Waals surface area contributed by atoms with E-state index in [0.717, 1.165) is 11.3 Å². The maximum Gasteiger partial charge on any atom is 0.123 e. The van der Waals surface area contributed by atoms with Gasteiger partial charge in [0.2, 0.25) is 0 Å². The smallest absolute Gasteiger partial charge is 0.123 e. The van der Waals surface area contributed by atoms with Gasteiger partial charge in [-0.3, -0.25) is 0 Å². The van der Waals surface area contributed by atoms with E-state index in [1.54, 1.807) is 0 Å². The van der Waals surface area contributed by atoms with Crippen LogP contribution in [0.1, 0.15) is 52.7 Å². The van der Waals surface area contributed by atoms with Crippen LogP contribution in [0.4, 0.5) is 0 Å². The second kappa shape index (κ2) is 6.22. The molecule has 0 aromatic heterocycles. The van der Waals surface area contributed by atoms with Gasteiger partial charge < -0.3 is 4.74 Å². The van der Waals surface area contributed by atoms with Crippen LogP contribution >= 0.6 is 11.6 Å². The third kappa shape index (κ3) is 4.56. The monoisotopic (exact) mass is 294 g/mol. The predicted octanol–water partition coefficient (Wildman–Crippen LogP) is 5.46. The molecule has 112 valence electrons. The van der Waals surface area contributed by atoms with Crippen molar-refractivity contribution in [1.82, 2.24) is 0 Å². The Bertz CT molecular complexity index is 475. The number of benzene rings is 1. The van der Waals surface area contributed by atoms with Crippen LogP contribution in [0.2, 0.25) is 0 Å². The van der Waals surface area contributed by atoms with Crippen molar-refractivity contribution in [2.75, 3.05) is 12.5 Å². The van der Waals surface area contributed by atoms with Crippen molar-refractivity contribution in [3.63, 3.8) is 0 Å². The molecule has 1 nitrogen and oxygen atoms in total. The van der Waals surface area contributed by atoms with Crippen molar-refractivity contribution in [2.45, 2.75) is 52.4 Å². The van der Waals surface area contributed by atoms with Gasteiger partial charge in [-0.05, 0) is 33.6 Å². The van der Waals surface area contributed by atoms with Crippen LogP contribution in [0.5, 0.6) is 5.75 Å². The molecule has 0 aliphatic rings. The molecular weight excluding hydrogens is 268 g/mol. The lowest BCUT2D eigenvalue weighted by atomic mass is 9.80. The van der Waals surface area contributed by atoms with Gasteiger partial charge in [0.05, 0.1) is 0 Å². The van der Waals surface area contributed by atoms with Crippen LogP contribution in [0.3, 0.4) is 0 Å². The van der Waals surface area contributed by atoms with E-state index in [1.165, 1.54) is 11.1 Å². The highest BCUT2D eigenvalue weighted by Gasteiger charge is 2.23. The van der Waals surface area contributed by atoms with Crippen molar-refractivity contribution in [1.29, 1.82) is 0 Å². The topological polar surface area (TPSA) is 9.23 Å². The summed E-state index contributed by atoms with van der Waals surface area (Å²) in [6.45, 7) is 17.7. The van der Waals surface area contributed by atoms with Crippen LogP contribution in [0, 0.1) is 0 Å². The Kier molecular flexibility index (Phi) is 5.32. The van der Waals surface area contributed by atoms with Gasteiger partial charge >= 0.3 is 0 Å². The molecule has 1 aromatic rings. The molecule has 0 aliphatic carbocycles. The molecule has 0 atom stereocenters. The summed E-state index contributed by atoms with van der Waals surface area (Å²) < 4.78 is 5.90. The molecule has 0 fully saturated rings. The highest BCUT2D eigenvalue weighted by Crippen LogP contribution is 2.35. The van der Waals surface area contributed by atoms with E-state index in [-0.39, 0.29) is 10.8 Å². The summed E-state index contributed by atoms with van der Waals surface area (Å²) in [4.78, 5) is 0. The van der Waals surface area contributed by atoms with Gasteiger partial charge in [0.1, 0.15) is 12.4 Å². The van der Waals surface area contributed by atoms with E-state index < -0.39 is 0 Å². The van der Waals surface area contributed by atoms with Crippen LogP contribution in [-0.4, -0.2) is 12.5 Å². The summed E-state index contributed by atoms with van der Waals surface area (Å²) in [7, 11) is 0. The van der Waals surface area contributed by atoms with Crippen molar-refractivity contribution in [3.05, 3.63) is 41.5 Å². The number of alkyl halides is 1. The number of halogens is 1. The van der Waals surface area contributed by atoms with Crippen LogP contribution in [0.15, 0.2) is 30.4 Å². The SMILES string of the molecule is C=C(CCl)COc1ccc(C(C)(C)C)cc1C(C)(C)C. The lowest BCUT2D eigenvalue weighted by molar-refractivity contribution is 0.341. The maximum atomic E-state index is 5.90. The van der Waals surface area contributed by atoms with Gasteiger partial charge in [0, 0.05) is 5.88 Å². The summed E-state index contributed by atoms with van der Waals surface area (Å²) in [6, 6.07) is 6.48. The molecule has 0 saturated carbocycles. The van der Waals surface area contributed by atoms with E-state index in [2.05, 4.69) is 66.3 Å². The van der Waals surface area contributed by atoms with Crippen molar-refractivity contribution < 1.29 is 4.74 Å². The maximum absolute atomic E-state index is 5.90. The Morgan fingerprint density at radius 1 is 1.10 bits per heavy atom. The first-order valence-electron chi connectivity index (χ1n) is 7.06. The lowest BCUT2D eigenvalue weighted by Gasteiger charge is -2.27. The molecule has 0 amide bonds. The molecule has 0 spiro atoms. The van der Waals surface area contributed by atoms with Gasteiger partial charge in [-0.1, -0.05) is 60.3 Å². The lowest BCUT2D eigenvalue weighted by Crippen LogP contribution is -2.18. The zero-order chi connectivity index (χ0) is 15.6. The van der Waals surface area contributed by atoms with E-state index >= 15 is 0 Å². The second-order valence-corrected chi connectivity index (χ2v) is 7.65. The number of hydrogen-bond donors (Lipinski definition) is 0. The minimum atomic E-state index is 0.0406. The average molecular weight is 295 g/mol. The number of ether oxygens (including phenoxy) is 1. The standard InChI is InChI=1S/C18H27ClO/c1-13(11-19)12-20-16-9-8-14(17(2,3)4)10-15(16)18(5,6)7/h8-10H,1,11-12H2,2-7H3. The first-order chi connectivity index (χ1) is 9.05. The Morgan fingerprint density at radius 2 is 1.70 bits per heavy atom. The third-order valence-corrected chi connectivity index (χ3v) is 3.65. The quantitative estimate of drug-likeness (QED) is 0.529. The summed E-state index contributed by atoms with van der Waals surface area (Å²) in [5.74, 6) is 1.36. The van der Waals surface area contributed by atoms with Crippen LogP contribution in [0.25, 0.3) is 0 Å². The van der Waals surface area contributed by atoms with E-state index in [0.29, 0.717) is 12.5 Å². The Labute approximate surface area is 129 Å². The average Bonchev–Trinajstić information content (AvgIpc) is 2.33. The molecule has 0 aliphatic heterocycles. The van der Waals surface area contributed by atoms with Crippen molar-refractivity contribution in [2.24, 2.45) is 0 Å². The molecular formula is C18H27ClO. The molecule has 1 rings (SSSR count). The minimum absolute atomic E-state index is 0.0406. The fraction of sp³-hybridized carbons (Fsp3) is 0.556. The summed E-state index contributed by atoms with van der Waals surface area (Å²) in [5.41, 5.74) is 3.63. The fourth-order valence-electron chi connectivity index (χ4n) is 1.93.